The summed E-state index contributed by atoms with van der Waals surface area (Å²) in [6.07, 6.45) is 2.30. The molecule has 0 amide bonds. The minimum absolute atomic E-state index is 0.523. The smallest absolute Gasteiger partial charge is 0.0949 e. The molecule has 0 aromatic rings. The lowest BCUT2D eigenvalue weighted by atomic mass is 10.1. The molecule has 1 nitrogen and oxygen atoms in total. The molecule has 62 valence electrons. The molecular formula is C10H17N. The van der Waals surface area contributed by atoms with E-state index in [4.69, 9.17) is 5.26 Å². The second-order valence-corrected chi connectivity index (χ2v) is 2.75. The minimum Gasteiger partial charge on any atom is -0.193 e. The summed E-state index contributed by atoms with van der Waals surface area (Å²) in [7, 11) is 0. The van der Waals surface area contributed by atoms with Gasteiger partial charge in [-0.25, -0.2) is 0 Å². The molecule has 0 radical (unpaired) electrons. The molecular weight excluding hydrogens is 134 g/mol. The molecule has 0 bridgehead atoms. The summed E-state index contributed by atoms with van der Waals surface area (Å²) in [6, 6.07) is 2.24. The molecule has 0 fully saturated rings. The quantitative estimate of drug-likeness (QED) is 0.521. The summed E-state index contributed by atoms with van der Waals surface area (Å²) in [4.78, 5) is 0. The van der Waals surface area contributed by atoms with Gasteiger partial charge in [0.25, 0.3) is 0 Å². The summed E-state index contributed by atoms with van der Waals surface area (Å²) in [6.45, 7) is 8.18. The molecule has 1 unspecified atom stereocenters. The first-order valence-electron chi connectivity index (χ1n) is 4.35. The van der Waals surface area contributed by atoms with Crippen LogP contribution in [0.25, 0.3) is 0 Å². The van der Waals surface area contributed by atoms with Gasteiger partial charge < -0.3 is 0 Å². The number of hydrogen-bond donors (Lipinski definition) is 0. The first-order chi connectivity index (χ1) is 5.25. The van der Waals surface area contributed by atoms with Crippen LogP contribution in [0.5, 0.6) is 0 Å². The first-order valence-corrected chi connectivity index (χ1v) is 4.35. The van der Waals surface area contributed by atoms with E-state index in [0.717, 1.165) is 12.0 Å². The Balaban J connectivity index is 0.000000461. The highest BCUT2D eigenvalue weighted by Crippen LogP contribution is 2.30. The molecule has 1 aliphatic rings. The Labute approximate surface area is 69.7 Å². The molecule has 11 heavy (non-hydrogen) atoms. The Bertz CT molecular complexity index is 184. The third kappa shape index (κ3) is 2.38. The van der Waals surface area contributed by atoms with Gasteiger partial charge in [0.2, 0.25) is 0 Å². The fourth-order valence-corrected chi connectivity index (χ4v) is 1.34. The molecule has 0 heterocycles. The van der Waals surface area contributed by atoms with Gasteiger partial charge in [-0.15, -0.1) is 0 Å². The number of rotatable bonds is 0. The van der Waals surface area contributed by atoms with Crippen molar-refractivity contribution in [1.29, 1.82) is 5.26 Å². The van der Waals surface area contributed by atoms with Crippen LogP contribution < -0.4 is 0 Å². The molecule has 0 saturated heterocycles. The topological polar surface area (TPSA) is 23.8 Å². The fraction of sp³-hybridized carbons (Fsp3) is 0.700. The van der Waals surface area contributed by atoms with E-state index in [1.807, 2.05) is 13.8 Å². The second-order valence-electron chi connectivity index (χ2n) is 2.75. The highest BCUT2D eigenvalue weighted by atomic mass is 14.3. The Morgan fingerprint density at radius 2 is 2.00 bits per heavy atom. The van der Waals surface area contributed by atoms with Crippen LogP contribution in [0, 0.1) is 17.2 Å². The summed E-state index contributed by atoms with van der Waals surface area (Å²) < 4.78 is 0. The summed E-state index contributed by atoms with van der Waals surface area (Å²) in [5.41, 5.74) is 2.32. The van der Waals surface area contributed by atoms with Crippen molar-refractivity contribution in [2.24, 2.45) is 5.92 Å². The van der Waals surface area contributed by atoms with Crippen molar-refractivity contribution in [1.82, 2.24) is 0 Å². The van der Waals surface area contributed by atoms with Crippen molar-refractivity contribution >= 4 is 0 Å². The lowest BCUT2D eigenvalue weighted by molar-refractivity contribution is 0.681. The maximum absolute atomic E-state index is 8.60. The largest absolute Gasteiger partial charge is 0.193 e. The number of nitriles is 1. The maximum atomic E-state index is 8.60. The van der Waals surface area contributed by atoms with Crippen molar-refractivity contribution in [2.75, 3.05) is 0 Å². The monoisotopic (exact) mass is 151 g/mol. The van der Waals surface area contributed by atoms with Crippen LogP contribution in [0.2, 0.25) is 0 Å². The molecule has 0 saturated carbocycles. The predicted molar refractivity (Wildman–Crippen MR) is 48.1 cm³/mol. The Morgan fingerprint density at radius 3 is 2.18 bits per heavy atom. The van der Waals surface area contributed by atoms with E-state index in [-0.39, 0.29) is 0 Å². The Morgan fingerprint density at radius 1 is 1.45 bits per heavy atom. The third-order valence-corrected chi connectivity index (χ3v) is 2.03. The van der Waals surface area contributed by atoms with E-state index in [1.165, 1.54) is 12.0 Å². The van der Waals surface area contributed by atoms with Crippen LogP contribution in [-0.4, -0.2) is 0 Å². The zero-order valence-corrected chi connectivity index (χ0v) is 7.94. The van der Waals surface area contributed by atoms with Gasteiger partial charge in [0, 0.05) is 5.57 Å². The van der Waals surface area contributed by atoms with E-state index in [1.54, 1.807) is 0 Å². The van der Waals surface area contributed by atoms with Gasteiger partial charge in [0.1, 0.15) is 0 Å². The summed E-state index contributed by atoms with van der Waals surface area (Å²) in [5.74, 6) is 0.523. The molecule has 1 heteroatoms. The van der Waals surface area contributed by atoms with Crippen molar-refractivity contribution in [3.8, 4) is 6.07 Å². The normalized spacial score (nSPS) is 22.3. The average Bonchev–Trinajstić information content (AvgIpc) is 2.35. The zero-order valence-electron chi connectivity index (χ0n) is 7.94. The SMILES string of the molecule is CC.CC1=C(C#N)C(C)CC1. The standard InChI is InChI=1S/C8H11N.C2H6/c1-6-3-4-7(2)8(6)5-9;1-2/h6H,3-4H2,1-2H3;1-2H3. The second kappa shape index (κ2) is 4.96. The maximum Gasteiger partial charge on any atom is 0.0949 e. The predicted octanol–water partition coefficient (Wildman–Crippen LogP) is 3.28. The minimum atomic E-state index is 0.523. The number of nitrogens with zero attached hydrogens (tertiary/aromatic N) is 1. The highest BCUT2D eigenvalue weighted by molar-refractivity contribution is 5.32. The number of allylic oxidation sites excluding steroid dienone is 2. The van der Waals surface area contributed by atoms with E-state index in [2.05, 4.69) is 19.9 Å². The van der Waals surface area contributed by atoms with Crippen molar-refractivity contribution in [2.45, 2.75) is 40.5 Å². The highest BCUT2D eigenvalue weighted by Gasteiger charge is 2.17. The van der Waals surface area contributed by atoms with Crippen molar-refractivity contribution < 1.29 is 0 Å². The van der Waals surface area contributed by atoms with Crippen LogP contribution >= 0.6 is 0 Å². The van der Waals surface area contributed by atoms with Crippen LogP contribution in [0.15, 0.2) is 11.1 Å². The van der Waals surface area contributed by atoms with Gasteiger partial charge in [-0.1, -0.05) is 26.3 Å². The van der Waals surface area contributed by atoms with Gasteiger partial charge in [0.15, 0.2) is 0 Å². The molecule has 1 rings (SSSR count). The van der Waals surface area contributed by atoms with Crippen LogP contribution in [0.4, 0.5) is 0 Å². The molecule has 0 aromatic heterocycles. The van der Waals surface area contributed by atoms with Gasteiger partial charge in [-0.2, -0.15) is 5.26 Å². The van der Waals surface area contributed by atoms with E-state index >= 15 is 0 Å². The molecule has 0 N–H and O–H groups in total. The Hall–Kier alpha value is -0.770. The Kier molecular flexibility index (Phi) is 4.61. The molecule has 1 aliphatic carbocycles. The summed E-state index contributed by atoms with van der Waals surface area (Å²) in [5, 5.41) is 8.60. The van der Waals surface area contributed by atoms with Gasteiger partial charge in [-0.3, -0.25) is 0 Å². The fourth-order valence-electron chi connectivity index (χ4n) is 1.34. The third-order valence-electron chi connectivity index (χ3n) is 2.03. The first kappa shape index (κ1) is 10.2. The van der Waals surface area contributed by atoms with Gasteiger partial charge >= 0.3 is 0 Å². The molecule has 0 aromatic carbocycles. The van der Waals surface area contributed by atoms with Gasteiger partial charge in [0.05, 0.1) is 6.07 Å². The van der Waals surface area contributed by atoms with E-state index in [0.29, 0.717) is 5.92 Å². The number of hydrogen-bond acceptors (Lipinski definition) is 1. The summed E-state index contributed by atoms with van der Waals surface area (Å²) >= 11 is 0. The van der Waals surface area contributed by atoms with E-state index < -0.39 is 0 Å². The molecule has 1 atom stereocenters. The van der Waals surface area contributed by atoms with Crippen molar-refractivity contribution in [3.63, 3.8) is 0 Å². The van der Waals surface area contributed by atoms with Crippen LogP contribution in [0.3, 0.4) is 0 Å². The van der Waals surface area contributed by atoms with Crippen LogP contribution in [-0.2, 0) is 0 Å². The zero-order chi connectivity index (χ0) is 8.85. The lowest BCUT2D eigenvalue weighted by Crippen LogP contribution is -1.88. The lowest BCUT2D eigenvalue weighted by Gasteiger charge is -1.97. The molecule has 0 aliphatic heterocycles. The van der Waals surface area contributed by atoms with E-state index in [9.17, 15) is 0 Å². The average molecular weight is 151 g/mol. The van der Waals surface area contributed by atoms with Crippen molar-refractivity contribution in [3.05, 3.63) is 11.1 Å². The molecule has 0 spiro atoms. The van der Waals surface area contributed by atoms with Gasteiger partial charge in [-0.05, 0) is 25.7 Å². The van der Waals surface area contributed by atoms with Crippen LogP contribution in [0.1, 0.15) is 40.5 Å².